The van der Waals surface area contributed by atoms with Crippen molar-refractivity contribution in [1.29, 1.82) is 0 Å². The van der Waals surface area contributed by atoms with Crippen LogP contribution in [0.3, 0.4) is 0 Å². The van der Waals surface area contributed by atoms with Gasteiger partial charge in [0.15, 0.2) is 0 Å². The fourth-order valence-corrected chi connectivity index (χ4v) is 7.40. The van der Waals surface area contributed by atoms with Crippen LogP contribution < -0.4 is 14.5 Å². The zero-order valence-corrected chi connectivity index (χ0v) is 23.3. The molecular weight excluding hydrogens is 508 g/mol. The van der Waals surface area contributed by atoms with Crippen LogP contribution in [0.25, 0.3) is 10.2 Å². The Morgan fingerprint density at radius 2 is 1.70 bits per heavy atom. The van der Waals surface area contributed by atoms with Crippen LogP contribution in [-0.4, -0.2) is 78.8 Å². The van der Waals surface area contributed by atoms with Crippen molar-refractivity contribution < 1.29 is 13.2 Å². The largest absolute Gasteiger partial charge is 0.467 e. The van der Waals surface area contributed by atoms with Crippen molar-refractivity contribution in [2.45, 2.75) is 52.1 Å². The van der Waals surface area contributed by atoms with Crippen LogP contribution in [0.15, 0.2) is 30.6 Å². The Morgan fingerprint density at radius 1 is 0.973 bits per heavy atom. The lowest BCUT2D eigenvalue weighted by atomic mass is 10.1. The first kappa shape index (κ1) is 26.1. The maximum atomic E-state index is 12.4. The molecule has 0 spiro atoms. The molecule has 5 rings (SSSR count). The van der Waals surface area contributed by atoms with Gasteiger partial charge in [-0.3, -0.25) is 0 Å². The molecule has 2 fully saturated rings. The second kappa shape index (κ2) is 11.5. The number of fused-ring (bicyclic) bond motifs is 1. The number of piperazine rings is 1. The first-order valence-corrected chi connectivity index (χ1v) is 15.7. The van der Waals surface area contributed by atoms with Crippen LogP contribution in [0.5, 0.6) is 5.19 Å². The highest BCUT2D eigenvalue weighted by Gasteiger charge is 2.27. The highest BCUT2D eigenvalue weighted by atomic mass is 32.2. The lowest BCUT2D eigenvalue weighted by Crippen LogP contribution is -2.49. The summed E-state index contributed by atoms with van der Waals surface area (Å²) in [6, 6.07) is 6.26. The molecule has 37 heavy (non-hydrogen) atoms. The van der Waals surface area contributed by atoms with Gasteiger partial charge in [-0.25, -0.2) is 23.4 Å². The molecule has 2 aliphatic heterocycles. The Hall–Kier alpha value is -2.50. The molecule has 1 aromatic carbocycles. The van der Waals surface area contributed by atoms with Crippen LogP contribution in [-0.2, 0) is 16.4 Å². The summed E-state index contributed by atoms with van der Waals surface area (Å²) in [7, 11) is -3.14. The lowest BCUT2D eigenvalue weighted by molar-refractivity contribution is 0.170. The molecule has 0 unspecified atom stereocenters. The molecule has 0 atom stereocenters. The van der Waals surface area contributed by atoms with Gasteiger partial charge >= 0.3 is 0 Å². The fraction of sp³-hybridized carbons (Fsp3) is 0.577. The Kier molecular flexibility index (Phi) is 8.11. The summed E-state index contributed by atoms with van der Waals surface area (Å²) in [4.78, 5) is 18.3. The van der Waals surface area contributed by atoms with Gasteiger partial charge in [-0.2, -0.15) is 4.31 Å². The molecule has 3 aromatic rings. The number of nitrogens with zero attached hydrogens (tertiary/aromatic N) is 6. The van der Waals surface area contributed by atoms with Gasteiger partial charge in [0.25, 0.3) is 5.19 Å². The van der Waals surface area contributed by atoms with Crippen molar-refractivity contribution in [2.24, 2.45) is 0 Å². The Morgan fingerprint density at radius 3 is 2.38 bits per heavy atom. The monoisotopic (exact) mass is 544 g/mol. The molecular formula is C26H36N6O3S2. The molecule has 0 N–H and O–H groups in total. The molecule has 0 aliphatic carbocycles. The van der Waals surface area contributed by atoms with E-state index in [2.05, 4.69) is 38.8 Å². The van der Waals surface area contributed by atoms with Crippen molar-refractivity contribution in [3.63, 3.8) is 0 Å². The number of aryl methyl sites for hydroxylation is 1. The molecule has 0 amide bonds. The molecule has 0 bridgehead atoms. The first-order chi connectivity index (χ1) is 17.9. The quantitative estimate of drug-likeness (QED) is 0.400. The summed E-state index contributed by atoms with van der Waals surface area (Å²) in [6.45, 7) is 8.25. The maximum absolute atomic E-state index is 12.4. The fourth-order valence-electron chi connectivity index (χ4n) is 5.00. The average molecular weight is 545 g/mol. The molecule has 2 aromatic heterocycles. The van der Waals surface area contributed by atoms with Crippen molar-refractivity contribution in [2.75, 3.05) is 54.8 Å². The number of anilines is 2. The first-order valence-electron chi connectivity index (χ1n) is 13.3. The Bertz CT molecular complexity index is 1280. The third kappa shape index (κ3) is 6.15. The second-order valence-electron chi connectivity index (χ2n) is 9.78. The third-order valence-electron chi connectivity index (χ3n) is 7.03. The minimum Gasteiger partial charge on any atom is -0.467 e. The van der Waals surface area contributed by atoms with E-state index in [1.807, 2.05) is 25.4 Å². The van der Waals surface area contributed by atoms with Crippen molar-refractivity contribution in [1.82, 2.24) is 19.3 Å². The number of ether oxygens (including phenoxy) is 1. The van der Waals surface area contributed by atoms with Gasteiger partial charge in [-0.15, -0.1) is 0 Å². The number of sulfonamides is 1. The van der Waals surface area contributed by atoms with Crippen LogP contribution >= 0.6 is 11.3 Å². The summed E-state index contributed by atoms with van der Waals surface area (Å²) in [6.07, 6.45) is 8.60. The van der Waals surface area contributed by atoms with Gasteiger partial charge in [-0.05, 0) is 36.6 Å². The molecule has 0 saturated carbocycles. The number of hydrogen-bond acceptors (Lipinski definition) is 9. The van der Waals surface area contributed by atoms with Gasteiger partial charge in [0.2, 0.25) is 16.0 Å². The summed E-state index contributed by atoms with van der Waals surface area (Å²) in [5.74, 6) is 1.02. The van der Waals surface area contributed by atoms with E-state index in [0.29, 0.717) is 37.8 Å². The van der Waals surface area contributed by atoms with Gasteiger partial charge in [0.05, 0.1) is 16.0 Å². The SMILES string of the molecule is CCCc1cnc(N2CCC(Oc3nc4ccc(N5CCN(S(=O)(=O)CCC)CC5)cc4s3)CC2)nc1. The summed E-state index contributed by atoms with van der Waals surface area (Å²) < 4.78 is 33.8. The molecule has 200 valence electrons. The van der Waals surface area contributed by atoms with Crippen LogP contribution in [0.4, 0.5) is 11.6 Å². The molecule has 0 radical (unpaired) electrons. The van der Waals surface area contributed by atoms with E-state index in [1.54, 1.807) is 15.6 Å². The van der Waals surface area contributed by atoms with E-state index in [0.717, 1.165) is 60.6 Å². The smallest absolute Gasteiger partial charge is 0.274 e. The standard InChI is InChI=1S/C26H36N6O3S2/c1-3-5-20-18-27-25(28-19-20)31-10-8-22(9-11-31)35-26-29-23-7-6-21(17-24(23)36-26)30-12-14-32(15-13-30)37(33,34)16-4-2/h6-7,17-19,22H,3-5,8-16H2,1-2H3. The van der Waals surface area contributed by atoms with Gasteiger partial charge < -0.3 is 14.5 Å². The molecule has 2 saturated heterocycles. The van der Waals surface area contributed by atoms with E-state index in [-0.39, 0.29) is 11.9 Å². The maximum Gasteiger partial charge on any atom is 0.274 e. The zero-order valence-electron chi connectivity index (χ0n) is 21.7. The molecule has 11 heteroatoms. The van der Waals surface area contributed by atoms with Gasteiger partial charge in [-0.1, -0.05) is 31.6 Å². The van der Waals surface area contributed by atoms with Crippen LogP contribution in [0.1, 0.15) is 45.1 Å². The summed E-state index contributed by atoms with van der Waals surface area (Å²) >= 11 is 1.58. The van der Waals surface area contributed by atoms with Gasteiger partial charge in [0.1, 0.15) is 6.10 Å². The third-order valence-corrected chi connectivity index (χ3v) is 10.0. The number of thiazole rings is 1. The number of rotatable bonds is 9. The van der Waals surface area contributed by atoms with Crippen molar-refractivity contribution in [3.8, 4) is 5.19 Å². The van der Waals surface area contributed by atoms with Crippen molar-refractivity contribution in [3.05, 3.63) is 36.2 Å². The minimum absolute atomic E-state index is 0.133. The predicted molar refractivity (Wildman–Crippen MR) is 149 cm³/mol. The van der Waals surface area contributed by atoms with Crippen molar-refractivity contribution >= 4 is 43.2 Å². The van der Waals surface area contributed by atoms with Crippen LogP contribution in [0.2, 0.25) is 0 Å². The zero-order chi connectivity index (χ0) is 25.8. The van der Waals surface area contributed by atoms with Gasteiger partial charge in [0, 0.05) is 70.2 Å². The second-order valence-corrected chi connectivity index (χ2v) is 12.9. The number of hydrogen-bond donors (Lipinski definition) is 0. The summed E-state index contributed by atoms with van der Waals surface area (Å²) in [5, 5.41) is 0.709. The van der Waals surface area contributed by atoms with E-state index in [4.69, 9.17) is 9.72 Å². The number of aromatic nitrogens is 3. The predicted octanol–water partition coefficient (Wildman–Crippen LogP) is 3.95. The summed E-state index contributed by atoms with van der Waals surface area (Å²) in [5.41, 5.74) is 3.23. The van der Waals surface area contributed by atoms with Crippen LogP contribution in [0, 0.1) is 0 Å². The normalized spacial score (nSPS) is 18.0. The highest BCUT2D eigenvalue weighted by Crippen LogP contribution is 2.33. The van der Waals surface area contributed by atoms with E-state index in [9.17, 15) is 8.42 Å². The Balaban J connectivity index is 1.16. The minimum atomic E-state index is -3.14. The highest BCUT2D eigenvalue weighted by molar-refractivity contribution is 7.89. The molecule has 9 nitrogen and oxygen atoms in total. The molecule has 4 heterocycles. The topological polar surface area (TPSA) is 91.8 Å². The van der Waals surface area contributed by atoms with E-state index < -0.39 is 10.0 Å². The number of piperidine rings is 1. The van der Waals surface area contributed by atoms with E-state index in [1.165, 1.54) is 5.56 Å². The van der Waals surface area contributed by atoms with E-state index >= 15 is 0 Å². The lowest BCUT2D eigenvalue weighted by Gasteiger charge is -2.35. The molecule has 2 aliphatic rings. The average Bonchev–Trinajstić information content (AvgIpc) is 3.31. The number of benzene rings is 1. The Labute approximate surface area is 223 Å².